The summed E-state index contributed by atoms with van der Waals surface area (Å²) in [7, 11) is 0. The van der Waals surface area contributed by atoms with E-state index in [4.69, 9.17) is 4.98 Å². The lowest BCUT2D eigenvalue weighted by atomic mass is 9.93. The van der Waals surface area contributed by atoms with E-state index in [1.54, 1.807) is 22.2 Å². The summed E-state index contributed by atoms with van der Waals surface area (Å²) in [6.07, 6.45) is 6.92. The summed E-state index contributed by atoms with van der Waals surface area (Å²) in [6, 6.07) is 0.115. The second-order valence-corrected chi connectivity index (χ2v) is 8.52. The van der Waals surface area contributed by atoms with Gasteiger partial charge in [0.25, 0.3) is 0 Å². The van der Waals surface area contributed by atoms with E-state index >= 15 is 0 Å². The van der Waals surface area contributed by atoms with Crippen molar-refractivity contribution in [3.63, 3.8) is 0 Å². The highest BCUT2D eigenvalue weighted by Crippen LogP contribution is 2.35. The van der Waals surface area contributed by atoms with Crippen molar-refractivity contribution in [1.29, 1.82) is 0 Å². The van der Waals surface area contributed by atoms with Crippen LogP contribution in [0.15, 0.2) is 17.8 Å². The van der Waals surface area contributed by atoms with Gasteiger partial charge >= 0.3 is 0 Å². The Hall–Kier alpha value is -1.69. The Bertz CT molecular complexity index is 713. The number of hydrogen-bond acceptors (Lipinski definition) is 4. The maximum Gasteiger partial charge on any atom is 0.244 e. The Morgan fingerprint density at radius 2 is 2.17 bits per heavy atom. The number of amides is 1. The van der Waals surface area contributed by atoms with Crippen molar-refractivity contribution in [1.82, 2.24) is 19.7 Å². The molecule has 0 aliphatic carbocycles. The predicted octanol–water partition coefficient (Wildman–Crippen LogP) is 3.70. The first-order chi connectivity index (χ1) is 11.3. The number of aromatic nitrogens is 3. The molecule has 1 aliphatic heterocycles. The quantitative estimate of drug-likeness (QED) is 0.851. The van der Waals surface area contributed by atoms with Crippen molar-refractivity contribution in [2.24, 2.45) is 0 Å². The number of carbonyl (C=O) groups is 1. The summed E-state index contributed by atoms with van der Waals surface area (Å²) in [6.45, 7) is 9.64. The van der Waals surface area contributed by atoms with Crippen molar-refractivity contribution < 1.29 is 4.79 Å². The molecule has 5 nitrogen and oxygen atoms in total. The average Bonchev–Trinajstić information content (AvgIpc) is 3.16. The van der Waals surface area contributed by atoms with Gasteiger partial charge in [-0.1, -0.05) is 20.8 Å². The molecule has 1 fully saturated rings. The van der Waals surface area contributed by atoms with Crippen LogP contribution in [0, 0.1) is 6.92 Å². The molecule has 1 amide bonds. The lowest BCUT2D eigenvalue weighted by Gasteiger charge is -2.34. The average molecular weight is 346 g/mol. The van der Waals surface area contributed by atoms with E-state index in [0.29, 0.717) is 6.54 Å². The van der Waals surface area contributed by atoms with Crippen LogP contribution in [0.5, 0.6) is 0 Å². The van der Waals surface area contributed by atoms with E-state index in [0.717, 1.165) is 42.1 Å². The molecular formula is C18H26N4OS. The standard InChI is InChI=1S/C18H26N4OS/c1-13-9-19-21(10-13)11-16(23)22-8-6-5-7-14(22)17-20-15(12-24-17)18(2,3)4/h9-10,12,14H,5-8,11H2,1-4H3. The van der Waals surface area contributed by atoms with Crippen LogP contribution in [-0.4, -0.2) is 32.1 Å². The largest absolute Gasteiger partial charge is 0.332 e. The molecule has 6 heteroatoms. The van der Waals surface area contributed by atoms with Crippen LogP contribution in [0.4, 0.5) is 0 Å². The molecule has 0 saturated carbocycles. The normalized spacial score (nSPS) is 18.8. The first-order valence-electron chi connectivity index (χ1n) is 8.59. The van der Waals surface area contributed by atoms with E-state index in [1.807, 2.05) is 18.0 Å². The fraction of sp³-hybridized carbons (Fsp3) is 0.611. The van der Waals surface area contributed by atoms with Crippen molar-refractivity contribution in [3.05, 3.63) is 34.0 Å². The van der Waals surface area contributed by atoms with Gasteiger partial charge < -0.3 is 4.90 Å². The summed E-state index contributed by atoms with van der Waals surface area (Å²) < 4.78 is 1.73. The predicted molar refractivity (Wildman–Crippen MR) is 96.1 cm³/mol. The highest BCUT2D eigenvalue weighted by molar-refractivity contribution is 7.09. The van der Waals surface area contributed by atoms with E-state index in [2.05, 4.69) is 31.2 Å². The third-order valence-corrected chi connectivity index (χ3v) is 5.40. The third kappa shape index (κ3) is 3.69. The maximum absolute atomic E-state index is 12.8. The Morgan fingerprint density at radius 1 is 1.38 bits per heavy atom. The molecule has 0 spiro atoms. The fourth-order valence-corrected chi connectivity index (χ4v) is 4.25. The molecule has 3 rings (SSSR count). The van der Waals surface area contributed by atoms with E-state index in [-0.39, 0.29) is 17.4 Å². The zero-order chi connectivity index (χ0) is 17.3. The minimum Gasteiger partial charge on any atom is -0.332 e. The van der Waals surface area contributed by atoms with Gasteiger partial charge in [-0.25, -0.2) is 4.98 Å². The number of aryl methyl sites for hydroxylation is 1. The Labute approximate surface area is 147 Å². The second-order valence-electron chi connectivity index (χ2n) is 7.63. The van der Waals surface area contributed by atoms with Gasteiger partial charge in [0.05, 0.1) is 17.9 Å². The molecule has 0 bridgehead atoms. The number of hydrogen-bond donors (Lipinski definition) is 0. The number of nitrogens with zero attached hydrogens (tertiary/aromatic N) is 4. The van der Waals surface area contributed by atoms with Gasteiger partial charge in [0, 0.05) is 23.5 Å². The van der Waals surface area contributed by atoms with Crippen molar-refractivity contribution >= 4 is 17.2 Å². The minimum absolute atomic E-state index is 0.0465. The number of piperidine rings is 1. The van der Waals surface area contributed by atoms with E-state index in [9.17, 15) is 4.79 Å². The second kappa shape index (κ2) is 6.67. The van der Waals surface area contributed by atoms with Gasteiger partial charge in [0.2, 0.25) is 5.91 Å². The highest BCUT2D eigenvalue weighted by Gasteiger charge is 2.31. The van der Waals surface area contributed by atoms with Crippen LogP contribution in [0.3, 0.4) is 0 Å². The minimum atomic E-state index is 0.0465. The molecule has 1 aliphatic rings. The van der Waals surface area contributed by atoms with Crippen molar-refractivity contribution in [3.8, 4) is 0 Å². The summed E-state index contributed by atoms with van der Waals surface area (Å²) >= 11 is 1.69. The van der Waals surface area contributed by atoms with Crippen LogP contribution in [0.25, 0.3) is 0 Å². The molecule has 0 aromatic carbocycles. The van der Waals surface area contributed by atoms with Gasteiger partial charge in [0.15, 0.2) is 0 Å². The van der Waals surface area contributed by atoms with E-state index < -0.39 is 0 Å². The molecule has 1 atom stereocenters. The zero-order valence-electron chi connectivity index (χ0n) is 15.0. The van der Waals surface area contributed by atoms with Crippen LogP contribution >= 0.6 is 11.3 Å². The molecule has 24 heavy (non-hydrogen) atoms. The SMILES string of the molecule is Cc1cnn(CC(=O)N2CCCCC2c2nc(C(C)(C)C)cs2)c1. The van der Waals surface area contributed by atoms with Crippen molar-refractivity contribution in [2.75, 3.05) is 6.54 Å². The smallest absolute Gasteiger partial charge is 0.244 e. The van der Waals surface area contributed by atoms with Gasteiger partial charge in [-0.2, -0.15) is 5.10 Å². The Balaban J connectivity index is 1.78. The van der Waals surface area contributed by atoms with Gasteiger partial charge in [0.1, 0.15) is 11.6 Å². The van der Waals surface area contributed by atoms with E-state index in [1.165, 1.54) is 0 Å². The van der Waals surface area contributed by atoms with Crippen LogP contribution in [0.2, 0.25) is 0 Å². The third-order valence-electron chi connectivity index (χ3n) is 4.46. The molecule has 2 aromatic rings. The number of rotatable bonds is 3. The topological polar surface area (TPSA) is 51.0 Å². The summed E-state index contributed by atoms with van der Waals surface area (Å²) in [5.41, 5.74) is 2.24. The number of carbonyl (C=O) groups excluding carboxylic acids is 1. The van der Waals surface area contributed by atoms with Gasteiger partial charge in [-0.15, -0.1) is 11.3 Å². The zero-order valence-corrected chi connectivity index (χ0v) is 15.8. The Kier molecular flexibility index (Phi) is 4.76. The number of likely N-dealkylation sites (tertiary alicyclic amines) is 1. The van der Waals surface area contributed by atoms with Gasteiger partial charge in [-0.05, 0) is 31.7 Å². The maximum atomic E-state index is 12.8. The van der Waals surface area contributed by atoms with Crippen LogP contribution in [-0.2, 0) is 16.8 Å². The number of thiazole rings is 1. The molecule has 0 radical (unpaired) electrons. The lowest BCUT2D eigenvalue weighted by Crippen LogP contribution is -2.40. The molecule has 1 unspecified atom stereocenters. The molecular weight excluding hydrogens is 320 g/mol. The van der Waals surface area contributed by atoms with Crippen molar-refractivity contribution in [2.45, 2.75) is 65.0 Å². The summed E-state index contributed by atoms with van der Waals surface area (Å²) in [5, 5.41) is 7.46. The lowest BCUT2D eigenvalue weighted by molar-refractivity contribution is -0.135. The molecule has 3 heterocycles. The van der Waals surface area contributed by atoms with Crippen LogP contribution < -0.4 is 0 Å². The molecule has 0 N–H and O–H groups in total. The molecule has 2 aromatic heterocycles. The molecule has 130 valence electrons. The first kappa shape index (κ1) is 17.1. The molecule has 1 saturated heterocycles. The first-order valence-corrected chi connectivity index (χ1v) is 9.47. The summed E-state index contributed by atoms with van der Waals surface area (Å²) in [4.78, 5) is 19.7. The monoisotopic (exact) mass is 346 g/mol. The van der Waals surface area contributed by atoms with Gasteiger partial charge in [-0.3, -0.25) is 9.48 Å². The van der Waals surface area contributed by atoms with Crippen LogP contribution in [0.1, 0.15) is 62.3 Å². The fourth-order valence-electron chi connectivity index (χ4n) is 3.05. The Morgan fingerprint density at radius 3 is 2.79 bits per heavy atom. The summed E-state index contributed by atoms with van der Waals surface area (Å²) in [5.74, 6) is 0.135. The highest BCUT2D eigenvalue weighted by atomic mass is 32.1.